The summed E-state index contributed by atoms with van der Waals surface area (Å²) < 4.78 is 1.75. The Morgan fingerprint density at radius 1 is 1.04 bits per heavy atom. The summed E-state index contributed by atoms with van der Waals surface area (Å²) in [5, 5.41) is 0. The second kappa shape index (κ2) is 8.04. The molecule has 0 saturated carbocycles. The molecular formula is C21H24N3O2+. The summed E-state index contributed by atoms with van der Waals surface area (Å²) in [7, 11) is 0. The summed E-state index contributed by atoms with van der Waals surface area (Å²) in [6.45, 7) is 4.71. The summed E-state index contributed by atoms with van der Waals surface area (Å²) >= 11 is 0. The summed E-state index contributed by atoms with van der Waals surface area (Å²) in [5.74, 6) is 0.0492. The maximum absolute atomic E-state index is 13.0. The molecule has 1 saturated heterocycles. The fraction of sp³-hybridized carbons (Fsp3) is 0.333. The molecule has 2 aromatic rings. The Morgan fingerprint density at radius 3 is 2.35 bits per heavy atom. The van der Waals surface area contributed by atoms with E-state index in [1.54, 1.807) is 17.0 Å². The molecule has 0 radical (unpaired) electrons. The molecule has 1 aromatic heterocycles. The van der Waals surface area contributed by atoms with Gasteiger partial charge >= 0.3 is 5.91 Å². The van der Waals surface area contributed by atoms with E-state index in [0.717, 1.165) is 12.8 Å². The lowest BCUT2D eigenvalue weighted by Gasteiger charge is -2.13. The van der Waals surface area contributed by atoms with Crippen LogP contribution in [0.3, 0.4) is 0 Å². The first-order chi connectivity index (χ1) is 12.6. The average molecular weight is 350 g/mol. The largest absolute Gasteiger partial charge is 0.305 e. The molecule has 1 aliphatic heterocycles. The number of nitrogens with zero attached hydrogens (tertiary/aromatic N) is 3. The first-order valence-corrected chi connectivity index (χ1v) is 9.03. The van der Waals surface area contributed by atoms with Crippen molar-refractivity contribution < 1.29 is 14.2 Å². The number of likely N-dealkylation sites (tertiary alicyclic amines) is 1. The highest BCUT2D eigenvalue weighted by Gasteiger charge is 2.50. The van der Waals surface area contributed by atoms with Crippen LogP contribution in [0.2, 0.25) is 0 Å². The third-order valence-electron chi connectivity index (χ3n) is 4.43. The molecule has 2 heterocycles. The Kier molecular flexibility index (Phi) is 5.56. The number of rotatable bonds is 6. The molecule has 3 rings (SSSR count). The van der Waals surface area contributed by atoms with Crippen LogP contribution in [-0.4, -0.2) is 29.0 Å². The van der Waals surface area contributed by atoms with Gasteiger partial charge in [-0.3, -0.25) is 14.5 Å². The smallest absolute Gasteiger partial charge is 0.271 e. The molecule has 0 spiro atoms. The van der Waals surface area contributed by atoms with Gasteiger partial charge in [-0.2, -0.15) is 4.57 Å². The van der Waals surface area contributed by atoms with Gasteiger partial charge in [-0.1, -0.05) is 38.1 Å². The summed E-state index contributed by atoms with van der Waals surface area (Å²) in [6, 6.07) is 14.2. The Labute approximate surface area is 154 Å². The van der Waals surface area contributed by atoms with Crippen molar-refractivity contribution in [1.29, 1.82) is 0 Å². The summed E-state index contributed by atoms with van der Waals surface area (Å²) in [4.78, 5) is 31.8. The second-order valence-electron chi connectivity index (χ2n) is 6.89. The summed E-state index contributed by atoms with van der Waals surface area (Å²) in [6.07, 6.45) is 5.38. The summed E-state index contributed by atoms with van der Waals surface area (Å²) in [5.41, 5.74) is 0.955. The Hall–Kier alpha value is -2.82. The van der Waals surface area contributed by atoms with E-state index in [4.69, 9.17) is 0 Å². The van der Waals surface area contributed by atoms with Crippen LogP contribution in [0.25, 0.3) is 0 Å². The highest BCUT2D eigenvalue weighted by atomic mass is 16.2. The molecule has 2 amide bonds. The predicted octanol–water partition coefficient (Wildman–Crippen LogP) is 3.09. The van der Waals surface area contributed by atoms with E-state index < -0.39 is 6.04 Å². The molecule has 0 N–H and O–H groups in total. The van der Waals surface area contributed by atoms with Crippen molar-refractivity contribution in [3.63, 3.8) is 0 Å². The number of amides is 2. The number of aromatic nitrogens is 1. The van der Waals surface area contributed by atoms with E-state index in [9.17, 15) is 9.59 Å². The molecule has 1 atom stereocenters. The first kappa shape index (κ1) is 18.0. The van der Waals surface area contributed by atoms with Gasteiger partial charge < -0.3 is 0 Å². The molecular weight excluding hydrogens is 326 g/mol. The monoisotopic (exact) mass is 350 g/mol. The van der Waals surface area contributed by atoms with Gasteiger partial charge in [-0.15, -0.1) is 0 Å². The Bertz CT molecular complexity index is 801. The van der Waals surface area contributed by atoms with Crippen molar-refractivity contribution in [2.75, 3.05) is 6.54 Å². The third-order valence-corrected chi connectivity index (χ3v) is 4.43. The molecule has 1 unspecified atom stereocenters. The van der Waals surface area contributed by atoms with Gasteiger partial charge in [0.05, 0.1) is 5.69 Å². The second-order valence-corrected chi connectivity index (χ2v) is 6.89. The standard InChI is InChI=1S/C21H24N3O2/c1-16(2)10-9-15-24-20(25)18(22-17-11-5-3-6-12-17)19(21(24)26)23-13-7-4-8-14-23/h3-8,11-14,16,19H,9-10,15H2,1-2H3/q+1. The van der Waals surface area contributed by atoms with E-state index >= 15 is 0 Å². The van der Waals surface area contributed by atoms with Crippen LogP contribution in [0.5, 0.6) is 0 Å². The lowest BCUT2D eigenvalue weighted by Crippen LogP contribution is -2.46. The molecule has 5 heteroatoms. The van der Waals surface area contributed by atoms with Crippen LogP contribution in [0.15, 0.2) is 65.9 Å². The molecule has 1 aliphatic rings. The van der Waals surface area contributed by atoms with Gasteiger partial charge in [0.15, 0.2) is 18.1 Å². The van der Waals surface area contributed by atoms with Gasteiger partial charge in [0.2, 0.25) is 0 Å². The quantitative estimate of drug-likeness (QED) is 0.594. The van der Waals surface area contributed by atoms with Crippen molar-refractivity contribution in [3.8, 4) is 0 Å². The van der Waals surface area contributed by atoms with Crippen molar-refractivity contribution in [2.24, 2.45) is 10.9 Å². The van der Waals surface area contributed by atoms with E-state index in [1.165, 1.54) is 4.90 Å². The fourth-order valence-corrected chi connectivity index (χ4v) is 3.09. The van der Waals surface area contributed by atoms with Crippen LogP contribution >= 0.6 is 0 Å². The number of hydrogen-bond donors (Lipinski definition) is 0. The van der Waals surface area contributed by atoms with E-state index in [2.05, 4.69) is 18.8 Å². The number of imide groups is 1. The topological polar surface area (TPSA) is 53.6 Å². The molecule has 26 heavy (non-hydrogen) atoms. The van der Waals surface area contributed by atoms with Crippen LogP contribution in [0.4, 0.5) is 5.69 Å². The van der Waals surface area contributed by atoms with Crippen molar-refractivity contribution in [2.45, 2.75) is 32.7 Å². The fourth-order valence-electron chi connectivity index (χ4n) is 3.09. The number of carbonyl (C=O) groups is 2. The lowest BCUT2D eigenvalue weighted by molar-refractivity contribution is -0.693. The number of aliphatic imine (C=N–C) groups is 1. The van der Waals surface area contributed by atoms with E-state index in [-0.39, 0.29) is 17.5 Å². The zero-order chi connectivity index (χ0) is 18.5. The Balaban J connectivity index is 1.94. The maximum atomic E-state index is 13.0. The van der Waals surface area contributed by atoms with Gasteiger partial charge in [0, 0.05) is 18.7 Å². The average Bonchev–Trinajstić information content (AvgIpc) is 2.87. The van der Waals surface area contributed by atoms with Crippen molar-refractivity contribution in [3.05, 3.63) is 60.9 Å². The maximum Gasteiger partial charge on any atom is 0.305 e. The van der Waals surface area contributed by atoms with Crippen molar-refractivity contribution >= 4 is 23.2 Å². The van der Waals surface area contributed by atoms with E-state index in [0.29, 0.717) is 18.2 Å². The minimum atomic E-state index is -0.706. The normalized spacial score (nSPS) is 19.0. The van der Waals surface area contributed by atoms with Crippen LogP contribution in [0.1, 0.15) is 32.7 Å². The van der Waals surface area contributed by atoms with Gasteiger partial charge in [0.25, 0.3) is 11.9 Å². The number of pyridine rings is 1. The predicted molar refractivity (Wildman–Crippen MR) is 100 cm³/mol. The first-order valence-electron chi connectivity index (χ1n) is 9.03. The van der Waals surface area contributed by atoms with Gasteiger partial charge in [0.1, 0.15) is 0 Å². The minimum Gasteiger partial charge on any atom is -0.271 e. The van der Waals surface area contributed by atoms with Gasteiger partial charge in [-0.05, 0) is 30.9 Å². The SMILES string of the molecule is CC(C)CCCN1C(=O)C(=Nc2ccccc2)C([n+]2ccccc2)C1=O. The minimum absolute atomic E-state index is 0.204. The molecule has 1 fully saturated rings. The van der Waals surface area contributed by atoms with Crippen LogP contribution in [-0.2, 0) is 9.59 Å². The van der Waals surface area contributed by atoms with E-state index in [1.807, 2.05) is 48.5 Å². The van der Waals surface area contributed by atoms with Crippen LogP contribution in [0, 0.1) is 5.92 Å². The van der Waals surface area contributed by atoms with Gasteiger partial charge in [-0.25, -0.2) is 4.99 Å². The van der Waals surface area contributed by atoms with Crippen molar-refractivity contribution in [1.82, 2.24) is 4.90 Å². The number of hydrogen-bond acceptors (Lipinski definition) is 3. The zero-order valence-electron chi connectivity index (χ0n) is 15.2. The zero-order valence-corrected chi connectivity index (χ0v) is 15.2. The Morgan fingerprint density at radius 2 is 1.69 bits per heavy atom. The third kappa shape index (κ3) is 3.87. The number of para-hydroxylation sites is 1. The molecule has 5 nitrogen and oxygen atoms in total. The molecule has 0 aliphatic carbocycles. The highest BCUT2D eigenvalue weighted by Crippen LogP contribution is 2.23. The number of benzene rings is 1. The molecule has 0 bridgehead atoms. The highest BCUT2D eigenvalue weighted by molar-refractivity contribution is 6.50. The molecule has 1 aromatic carbocycles. The lowest BCUT2D eigenvalue weighted by atomic mass is 10.1. The number of carbonyl (C=O) groups excluding carboxylic acids is 2. The molecule has 134 valence electrons. The van der Waals surface area contributed by atoms with Crippen LogP contribution < -0.4 is 4.57 Å².